The third-order valence-corrected chi connectivity index (χ3v) is 5.64. The number of methoxy groups -OCH3 is 1. The van der Waals surface area contributed by atoms with Gasteiger partial charge in [-0.1, -0.05) is 12.1 Å². The summed E-state index contributed by atoms with van der Waals surface area (Å²) in [5.41, 5.74) is 6.55. The van der Waals surface area contributed by atoms with Gasteiger partial charge in [-0.3, -0.25) is 0 Å². The number of benzene rings is 1. The Kier molecular flexibility index (Phi) is 5.15. The Hall–Kier alpha value is -0.950. The van der Waals surface area contributed by atoms with Crippen LogP contribution in [0.15, 0.2) is 29.2 Å². The summed E-state index contributed by atoms with van der Waals surface area (Å²) >= 11 is 0. The predicted octanol–water partition coefficient (Wildman–Crippen LogP) is 0.987. The van der Waals surface area contributed by atoms with E-state index in [0.29, 0.717) is 24.5 Å². The minimum absolute atomic E-state index is 0.174. The van der Waals surface area contributed by atoms with Gasteiger partial charge in [0, 0.05) is 20.2 Å². The Bertz CT molecular complexity index is 520. The van der Waals surface area contributed by atoms with E-state index >= 15 is 0 Å². The zero-order valence-corrected chi connectivity index (χ0v) is 12.6. The van der Waals surface area contributed by atoms with E-state index < -0.39 is 10.0 Å². The zero-order valence-electron chi connectivity index (χ0n) is 11.8. The van der Waals surface area contributed by atoms with E-state index in [9.17, 15) is 8.42 Å². The first kappa shape index (κ1) is 15.4. The van der Waals surface area contributed by atoms with Crippen LogP contribution in [-0.4, -0.2) is 45.6 Å². The molecule has 1 fully saturated rings. The molecule has 0 amide bonds. The fraction of sp³-hybridized carbons (Fsp3) is 0.571. The normalized spacial score (nSPS) is 18.3. The lowest BCUT2D eigenvalue weighted by molar-refractivity contribution is 0.0604. The molecule has 2 rings (SSSR count). The Balaban J connectivity index is 2.10. The van der Waals surface area contributed by atoms with Gasteiger partial charge in [-0.05, 0) is 43.5 Å². The van der Waals surface area contributed by atoms with Crippen LogP contribution in [0, 0.1) is 0 Å². The first-order valence-corrected chi connectivity index (χ1v) is 8.34. The summed E-state index contributed by atoms with van der Waals surface area (Å²) in [4.78, 5) is 0.356. The molecule has 0 saturated carbocycles. The fourth-order valence-corrected chi connectivity index (χ4v) is 3.92. The van der Waals surface area contributed by atoms with Crippen LogP contribution in [0.4, 0.5) is 0 Å². The lowest BCUT2D eigenvalue weighted by atomic mass is 10.1. The van der Waals surface area contributed by atoms with Crippen LogP contribution < -0.4 is 5.73 Å². The van der Waals surface area contributed by atoms with Gasteiger partial charge >= 0.3 is 0 Å². The van der Waals surface area contributed by atoms with E-state index in [1.807, 2.05) is 12.1 Å². The van der Waals surface area contributed by atoms with Crippen molar-refractivity contribution < 1.29 is 13.2 Å². The molecule has 6 heteroatoms. The number of hydrogen-bond donors (Lipinski definition) is 1. The van der Waals surface area contributed by atoms with E-state index in [1.165, 1.54) is 0 Å². The minimum Gasteiger partial charge on any atom is -0.381 e. The summed E-state index contributed by atoms with van der Waals surface area (Å²) in [6.07, 6.45) is 2.44. The van der Waals surface area contributed by atoms with Crippen LogP contribution in [0.3, 0.4) is 0 Å². The van der Waals surface area contributed by atoms with Gasteiger partial charge < -0.3 is 10.5 Å². The van der Waals surface area contributed by atoms with Gasteiger partial charge in [0.05, 0.1) is 11.0 Å². The second-order valence-corrected chi connectivity index (χ2v) is 6.96. The SMILES string of the molecule is COC1CCN(S(=O)(=O)c2ccc(CCN)cc2)CC1. The summed E-state index contributed by atoms with van der Waals surface area (Å²) < 4.78 is 31.8. The van der Waals surface area contributed by atoms with Crippen molar-refractivity contribution in [3.8, 4) is 0 Å². The molecule has 0 aromatic heterocycles. The molecule has 112 valence electrons. The molecule has 1 aliphatic rings. The van der Waals surface area contributed by atoms with E-state index in [2.05, 4.69) is 0 Å². The lowest BCUT2D eigenvalue weighted by Gasteiger charge is -2.30. The molecule has 0 atom stereocenters. The van der Waals surface area contributed by atoms with Crippen molar-refractivity contribution in [2.24, 2.45) is 5.73 Å². The Morgan fingerprint density at radius 1 is 1.25 bits per heavy atom. The lowest BCUT2D eigenvalue weighted by Crippen LogP contribution is -2.40. The largest absolute Gasteiger partial charge is 0.381 e. The first-order valence-electron chi connectivity index (χ1n) is 6.90. The highest BCUT2D eigenvalue weighted by molar-refractivity contribution is 7.89. The van der Waals surface area contributed by atoms with E-state index in [0.717, 1.165) is 24.8 Å². The summed E-state index contributed by atoms with van der Waals surface area (Å²) in [7, 11) is -1.71. The Morgan fingerprint density at radius 2 is 1.85 bits per heavy atom. The minimum atomic E-state index is -3.38. The maximum absolute atomic E-state index is 12.5. The number of hydrogen-bond acceptors (Lipinski definition) is 4. The number of nitrogens with two attached hydrogens (primary N) is 1. The van der Waals surface area contributed by atoms with E-state index in [4.69, 9.17) is 10.5 Å². The summed E-state index contributed by atoms with van der Waals surface area (Å²) in [6.45, 7) is 1.60. The van der Waals surface area contributed by atoms with Crippen molar-refractivity contribution in [3.63, 3.8) is 0 Å². The molecule has 0 spiro atoms. The Labute approximate surface area is 120 Å². The standard InChI is InChI=1S/C14H22N2O3S/c1-19-13-7-10-16(11-8-13)20(17,18)14-4-2-12(3-5-14)6-9-15/h2-5,13H,6-11,15H2,1H3. The van der Waals surface area contributed by atoms with Gasteiger partial charge in [0.1, 0.15) is 0 Å². The molecule has 0 aliphatic carbocycles. The molecule has 1 heterocycles. The highest BCUT2D eigenvalue weighted by atomic mass is 32.2. The van der Waals surface area contributed by atoms with Gasteiger partial charge in [-0.25, -0.2) is 8.42 Å². The van der Waals surface area contributed by atoms with Crippen molar-refractivity contribution in [2.45, 2.75) is 30.3 Å². The monoisotopic (exact) mass is 298 g/mol. The van der Waals surface area contributed by atoms with E-state index in [1.54, 1.807) is 23.5 Å². The van der Waals surface area contributed by atoms with Crippen molar-refractivity contribution in [1.29, 1.82) is 0 Å². The molecule has 1 saturated heterocycles. The second-order valence-electron chi connectivity index (χ2n) is 5.02. The van der Waals surface area contributed by atoms with Crippen LogP contribution in [0.5, 0.6) is 0 Å². The molecular formula is C14H22N2O3S. The molecule has 0 radical (unpaired) electrons. The molecule has 1 aliphatic heterocycles. The fourth-order valence-electron chi connectivity index (χ4n) is 2.45. The molecule has 2 N–H and O–H groups in total. The summed E-state index contributed by atoms with van der Waals surface area (Å²) in [5, 5.41) is 0. The molecule has 1 aromatic rings. The second kappa shape index (κ2) is 6.67. The van der Waals surface area contributed by atoms with Crippen LogP contribution in [-0.2, 0) is 21.2 Å². The van der Waals surface area contributed by atoms with Crippen molar-refractivity contribution in [3.05, 3.63) is 29.8 Å². The molecule has 5 nitrogen and oxygen atoms in total. The van der Waals surface area contributed by atoms with Crippen LogP contribution in [0.25, 0.3) is 0 Å². The highest BCUT2D eigenvalue weighted by Crippen LogP contribution is 2.22. The third kappa shape index (κ3) is 3.38. The van der Waals surface area contributed by atoms with Crippen LogP contribution >= 0.6 is 0 Å². The molecular weight excluding hydrogens is 276 g/mol. The predicted molar refractivity (Wildman–Crippen MR) is 78.0 cm³/mol. The molecule has 1 aromatic carbocycles. The third-order valence-electron chi connectivity index (χ3n) is 3.73. The number of piperidine rings is 1. The topological polar surface area (TPSA) is 72.6 Å². The van der Waals surface area contributed by atoms with Crippen LogP contribution in [0.2, 0.25) is 0 Å². The number of nitrogens with zero attached hydrogens (tertiary/aromatic N) is 1. The number of ether oxygens (including phenoxy) is 1. The highest BCUT2D eigenvalue weighted by Gasteiger charge is 2.29. The first-order chi connectivity index (χ1) is 9.57. The van der Waals surface area contributed by atoms with E-state index in [-0.39, 0.29) is 6.10 Å². The summed E-state index contributed by atoms with van der Waals surface area (Å²) in [6, 6.07) is 7.01. The van der Waals surface area contributed by atoms with Gasteiger partial charge in [0.2, 0.25) is 10.0 Å². The Morgan fingerprint density at radius 3 is 2.35 bits per heavy atom. The van der Waals surface area contributed by atoms with Crippen molar-refractivity contribution in [2.75, 3.05) is 26.7 Å². The molecule has 0 bridgehead atoms. The smallest absolute Gasteiger partial charge is 0.243 e. The average molecular weight is 298 g/mol. The number of sulfonamides is 1. The molecule has 20 heavy (non-hydrogen) atoms. The molecule has 0 unspecified atom stereocenters. The maximum atomic E-state index is 12.5. The van der Waals surface area contributed by atoms with Gasteiger partial charge in [-0.2, -0.15) is 4.31 Å². The van der Waals surface area contributed by atoms with Crippen molar-refractivity contribution >= 4 is 10.0 Å². The average Bonchev–Trinajstić information content (AvgIpc) is 2.48. The van der Waals surface area contributed by atoms with Gasteiger partial charge in [0.25, 0.3) is 0 Å². The van der Waals surface area contributed by atoms with Crippen LogP contribution in [0.1, 0.15) is 18.4 Å². The van der Waals surface area contributed by atoms with Gasteiger partial charge in [-0.15, -0.1) is 0 Å². The van der Waals surface area contributed by atoms with Gasteiger partial charge in [0.15, 0.2) is 0 Å². The summed E-state index contributed by atoms with van der Waals surface area (Å²) in [5.74, 6) is 0. The zero-order chi connectivity index (χ0) is 14.6. The van der Waals surface area contributed by atoms with Crippen molar-refractivity contribution in [1.82, 2.24) is 4.31 Å². The maximum Gasteiger partial charge on any atom is 0.243 e. The number of rotatable bonds is 5. The quantitative estimate of drug-likeness (QED) is 0.880.